The van der Waals surface area contributed by atoms with Gasteiger partial charge in [0.2, 0.25) is 0 Å². The van der Waals surface area contributed by atoms with Crippen molar-refractivity contribution < 1.29 is 33.3 Å². The molecule has 1 amide bonds. The van der Waals surface area contributed by atoms with Crippen LogP contribution in [0.1, 0.15) is 43.6 Å². The van der Waals surface area contributed by atoms with E-state index in [1.807, 2.05) is 0 Å². The fourth-order valence-corrected chi connectivity index (χ4v) is 3.06. The predicted molar refractivity (Wildman–Crippen MR) is 124 cm³/mol. The first-order valence-electron chi connectivity index (χ1n) is 10.9. The molecule has 0 saturated heterocycles. The van der Waals surface area contributed by atoms with Crippen molar-refractivity contribution in [2.45, 2.75) is 39.8 Å². The highest BCUT2D eigenvalue weighted by molar-refractivity contribution is 5.95. The number of fused-ring (bicyclic) bond motifs is 1. The van der Waals surface area contributed by atoms with Gasteiger partial charge in [0.1, 0.15) is 29.4 Å². The highest BCUT2D eigenvalue weighted by Crippen LogP contribution is 2.32. The number of carbonyl (C=O) groups is 2. The van der Waals surface area contributed by atoms with Gasteiger partial charge in [-0.25, -0.2) is 23.5 Å². The molecule has 0 spiro atoms. The molecule has 35 heavy (non-hydrogen) atoms. The van der Waals surface area contributed by atoms with E-state index >= 15 is 0 Å². The number of phenolic OH excluding ortho intramolecular Hbond substituents is 1. The quantitative estimate of drug-likeness (QED) is 0.305. The molecular formula is C23H28FN5O6. The van der Waals surface area contributed by atoms with Crippen molar-refractivity contribution in [1.29, 1.82) is 0 Å². The molecule has 0 fully saturated rings. The minimum Gasteiger partial charge on any atom is -0.504 e. The Balaban J connectivity index is 1.68. The second-order valence-electron chi connectivity index (χ2n) is 8.40. The number of carbonyl (C=O) groups excluding carboxylic acids is 2. The molecule has 12 heteroatoms. The van der Waals surface area contributed by atoms with Crippen LogP contribution >= 0.6 is 0 Å². The van der Waals surface area contributed by atoms with Crippen molar-refractivity contribution in [2.75, 3.05) is 25.1 Å². The lowest BCUT2D eigenvalue weighted by Gasteiger charge is -2.20. The maximum atomic E-state index is 14.0. The Morgan fingerprint density at radius 3 is 2.74 bits per heavy atom. The molecule has 0 unspecified atom stereocenters. The summed E-state index contributed by atoms with van der Waals surface area (Å²) in [6, 6.07) is 3.77. The minimum atomic E-state index is -0.651. The van der Waals surface area contributed by atoms with Gasteiger partial charge in [-0.05, 0) is 39.8 Å². The average molecular weight is 490 g/mol. The first-order chi connectivity index (χ1) is 16.6. The second-order valence-corrected chi connectivity index (χ2v) is 8.40. The van der Waals surface area contributed by atoms with Crippen molar-refractivity contribution in [3.05, 3.63) is 47.5 Å². The van der Waals surface area contributed by atoms with Crippen molar-refractivity contribution in [3.63, 3.8) is 0 Å². The van der Waals surface area contributed by atoms with Crippen LogP contribution in [0.5, 0.6) is 11.5 Å². The average Bonchev–Trinajstić information content (AvgIpc) is 3.18. The van der Waals surface area contributed by atoms with E-state index in [9.17, 15) is 19.1 Å². The molecule has 0 bridgehead atoms. The van der Waals surface area contributed by atoms with E-state index in [1.165, 1.54) is 16.8 Å². The maximum Gasteiger partial charge on any atom is 0.407 e. The summed E-state index contributed by atoms with van der Waals surface area (Å²) in [6.07, 6.45) is 2.37. The molecule has 0 saturated carbocycles. The number of hydrogen-bond donors (Lipinski definition) is 3. The molecule has 188 valence electrons. The Labute approximate surface area is 201 Å². The van der Waals surface area contributed by atoms with Gasteiger partial charge in [0.25, 0.3) is 0 Å². The number of aromatic hydroxyl groups is 1. The van der Waals surface area contributed by atoms with E-state index in [-0.39, 0.29) is 43.4 Å². The molecule has 11 nitrogen and oxygen atoms in total. The number of benzene rings is 1. The van der Waals surface area contributed by atoms with Crippen molar-refractivity contribution in [1.82, 2.24) is 19.9 Å². The van der Waals surface area contributed by atoms with Gasteiger partial charge in [0.15, 0.2) is 17.1 Å². The normalized spacial score (nSPS) is 11.2. The van der Waals surface area contributed by atoms with Crippen LogP contribution < -0.4 is 15.4 Å². The first-order valence-corrected chi connectivity index (χ1v) is 10.9. The van der Waals surface area contributed by atoms with Crippen molar-refractivity contribution in [2.24, 2.45) is 0 Å². The number of halogens is 1. The Morgan fingerprint density at radius 2 is 2.03 bits per heavy atom. The summed E-state index contributed by atoms with van der Waals surface area (Å²) >= 11 is 0. The van der Waals surface area contributed by atoms with E-state index < -0.39 is 23.5 Å². The van der Waals surface area contributed by atoms with E-state index in [0.29, 0.717) is 17.0 Å². The van der Waals surface area contributed by atoms with Crippen LogP contribution in [-0.2, 0) is 16.0 Å². The van der Waals surface area contributed by atoms with Gasteiger partial charge in [-0.1, -0.05) is 0 Å². The van der Waals surface area contributed by atoms with Gasteiger partial charge in [-0.3, -0.25) is 0 Å². The van der Waals surface area contributed by atoms with Crippen LogP contribution in [0, 0.1) is 5.82 Å². The van der Waals surface area contributed by atoms with E-state index in [4.69, 9.17) is 14.2 Å². The van der Waals surface area contributed by atoms with Gasteiger partial charge in [0.05, 0.1) is 19.3 Å². The van der Waals surface area contributed by atoms with Gasteiger partial charge >= 0.3 is 12.1 Å². The number of phenols is 1. The topological polar surface area (TPSA) is 136 Å². The third-order valence-electron chi connectivity index (χ3n) is 4.45. The molecule has 0 aliphatic carbocycles. The number of esters is 1. The van der Waals surface area contributed by atoms with E-state index in [0.717, 1.165) is 6.07 Å². The van der Waals surface area contributed by atoms with Gasteiger partial charge < -0.3 is 30.0 Å². The largest absolute Gasteiger partial charge is 0.504 e. The fraction of sp³-hybridized carbons (Fsp3) is 0.391. The zero-order chi connectivity index (χ0) is 25.6. The number of nitrogens with one attached hydrogen (secondary N) is 2. The molecule has 0 aliphatic rings. The Hall–Kier alpha value is -4.09. The van der Waals surface area contributed by atoms with E-state index in [2.05, 4.69) is 20.7 Å². The lowest BCUT2D eigenvalue weighted by atomic mass is 10.1. The van der Waals surface area contributed by atoms with Crippen LogP contribution in [0.4, 0.5) is 15.0 Å². The number of hydrogen-bond acceptors (Lipinski definition) is 9. The molecule has 0 aliphatic heterocycles. The zero-order valence-electron chi connectivity index (χ0n) is 19.9. The third kappa shape index (κ3) is 6.95. The number of rotatable bonds is 9. The number of ether oxygens (including phenoxy) is 3. The van der Waals surface area contributed by atoms with Gasteiger partial charge in [-0.2, -0.15) is 5.10 Å². The molecule has 2 heterocycles. The summed E-state index contributed by atoms with van der Waals surface area (Å²) in [5, 5.41) is 19.8. The predicted octanol–water partition coefficient (Wildman–Crippen LogP) is 3.27. The summed E-state index contributed by atoms with van der Waals surface area (Å²) in [5.41, 5.74) is 0.186. The minimum absolute atomic E-state index is 0.00830. The number of alkyl carbamates (subject to hydrolysis) is 1. The van der Waals surface area contributed by atoms with Crippen molar-refractivity contribution in [3.8, 4) is 11.5 Å². The molecular weight excluding hydrogens is 461 g/mol. The molecule has 3 rings (SSSR count). The number of amides is 1. The highest BCUT2D eigenvalue weighted by atomic mass is 19.1. The van der Waals surface area contributed by atoms with Crippen LogP contribution in [-0.4, -0.2) is 57.1 Å². The molecule has 0 radical (unpaired) electrons. The Kier molecular flexibility index (Phi) is 7.94. The van der Waals surface area contributed by atoms with Crippen LogP contribution in [0.2, 0.25) is 0 Å². The molecule has 0 atom stereocenters. The molecule has 2 aromatic heterocycles. The summed E-state index contributed by atoms with van der Waals surface area (Å²) in [7, 11) is 0. The number of aromatic nitrogens is 3. The van der Waals surface area contributed by atoms with Gasteiger partial charge in [-0.15, -0.1) is 0 Å². The number of anilines is 1. The molecule has 3 N–H and O–H groups in total. The fourth-order valence-electron chi connectivity index (χ4n) is 3.06. The third-order valence-corrected chi connectivity index (χ3v) is 4.45. The van der Waals surface area contributed by atoms with Crippen molar-refractivity contribution >= 4 is 23.5 Å². The van der Waals surface area contributed by atoms with Crippen LogP contribution in [0.15, 0.2) is 30.6 Å². The highest BCUT2D eigenvalue weighted by Gasteiger charge is 2.18. The SMILES string of the molecule is CCOC(=O)c1cnn2ccc(NCc3cc(F)cc(O)c3OCCNC(=O)OC(C)(C)C)nc12. The monoisotopic (exact) mass is 489 g/mol. The maximum absolute atomic E-state index is 14.0. The lowest BCUT2D eigenvalue weighted by molar-refractivity contribution is 0.0513. The zero-order valence-corrected chi connectivity index (χ0v) is 19.9. The Morgan fingerprint density at radius 1 is 1.26 bits per heavy atom. The van der Waals surface area contributed by atoms with Crippen LogP contribution in [0.3, 0.4) is 0 Å². The van der Waals surface area contributed by atoms with E-state index in [1.54, 1.807) is 40.0 Å². The summed E-state index contributed by atoms with van der Waals surface area (Å²) in [4.78, 5) is 28.2. The summed E-state index contributed by atoms with van der Waals surface area (Å²) in [6.45, 7) is 7.32. The van der Waals surface area contributed by atoms with Crippen LogP contribution in [0.25, 0.3) is 5.65 Å². The lowest BCUT2D eigenvalue weighted by Crippen LogP contribution is -2.34. The summed E-state index contributed by atoms with van der Waals surface area (Å²) < 4.78 is 31.2. The standard InChI is InChI=1S/C23H28FN5O6/c1-5-33-21(31)16-13-27-29-8-6-18(28-20(16)29)26-12-14-10-15(24)11-17(30)19(14)34-9-7-25-22(32)35-23(2,3)4/h6,8,10-11,13,30H,5,7,9,12H2,1-4H3,(H,25,32)(H,26,28). The molecule has 3 aromatic rings. The van der Waals surface area contributed by atoms with Gasteiger partial charge in [0, 0.05) is 24.4 Å². The Bertz CT molecular complexity index is 1210. The second kappa shape index (κ2) is 10.9. The summed E-state index contributed by atoms with van der Waals surface area (Å²) in [5.74, 6) is -1.14. The molecule has 1 aromatic carbocycles. The number of nitrogens with zero attached hydrogens (tertiary/aromatic N) is 3. The first kappa shape index (κ1) is 25.5. The smallest absolute Gasteiger partial charge is 0.407 e.